The summed E-state index contributed by atoms with van der Waals surface area (Å²) in [6.45, 7) is 2.44. The summed E-state index contributed by atoms with van der Waals surface area (Å²) in [4.78, 5) is 28.4. The summed E-state index contributed by atoms with van der Waals surface area (Å²) in [7, 11) is 0. The third-order valence-electron chi connectivity index (χ3n) is 5.05. The zero-order chi connectivity index (χ0) is 20.5. The van der Waals surface area contributed by atoms with Crippen molar-refractivity contribution < 1.29 is 19.4 Å². The van der Waals surface area contributed by atoms with Gasteiger partial charge in [0.2, 0.25) is 5.91 Å². The Kier molecular flexibility index (Phi) is 7.78. The fraction of sp³-hybridized carbons (Fsp3) is 0.391. The van der Waals surface area contributed by atoms with E-state index < -0.39 is 6.10 Å². The van der Waals surface area contributed by atoms with Gasteiger partial charge in [-0.05, 0) is 17.5 Å². The van der Waals surface area contributed by atoms with Crippen LogP contribution in [0.25, 0.3) is 0 Å². The summed E-state index contributed by atoms with van der Waals surface area (Å²) in [6.07, 6.45) is -0.0748. The normalized spacial score (nSPS) is 15.6. The Labute approximate surface area is 171 Å². The quantitative estimate of drug-likeness (QED) is 0.776. The first kappa shape index (κ1) is 21.0. The third-order valence-corrected chi connectivity index (χ3v) is 5.05. The number of ether oxygens (including phenoxy) is 1. The molecule has 3 rings (SSSR count). The summed E-state index contributed by atoms with van der Waals surface area (Å²) in [5, 5.41) is 10.3. The van der Waals surface area contributed by atoms with Crippen molar-refractivity contribution in [1.82, 2.24) is 9.80 Å². The van der Waals surface area contributed by atoms with Crippen LogP contribution in [0.15, 0.2) is 60.7 Å². The highest BCUT2D eigenvalue weighted by molar-refractivity contribution is 5.81. The molecule has 0 aromatic heterocycles. The first-order valence-electron chi connectivity index (χ1n) is 10.0. The lowest BCUT2D eigenvalue weighted by Crippen LogP contribution is -2.43. The molecule has 1 atom stereocenters. The number of benzene rings is 2. The standard InChI is InChI=1S/C23H28N2O4/c26-21(16-19-8-3-1-4-9-19)23(28)25-13-7-12-24(14-15-25)22(27)18-29-17-20-10-5-2-6-11-20/h1-6,8-11,21,26H,7,12-18H2. The lowest BCUT2D eigenvalue weighted by molar-refractivity contribution is -0.141. The highest BCUT2D eigenvalue weighted by atomic mass is 16.5. The minimum atomic E-state index is -1.06. The van der Waals surface area contributed by atoms with E-state index in [-0.39, 0.29) is 18.4 Å². The molecule has 0 saturated carbocycles. The van der Waals surface area contributed by atoms with Gasteiger partial charge in [-0.3, -0.25) is 9.59 Å². The zero-order valence-corrected chi connectivity index (χ0v) is 16.6. The molecule has 1 heterocycles. The molecule has 1 N–H and O–H groups in total. The molecule has 1 saturated heterocycles. The van der Waals surface area contributed by atoms with Gasteiger partial charge in [-0.25, -0.2) is 0 Å². The Balaban J connectivity index is 1.44. The first-order valence-corrected chi connectivity index (χ1v) is 10.0. The van der Waals surface area contributed by atoms with E-state index in [0.717, 1.165) is 11.1 Å². The van der Waals surface area contributed by atoms with Crippen LogP contribution in [0.5, 0.6) is 0 Å². The van der Waals surface area contributed by atoms with Crippen molar-refractivity contribution >= 4 is 11.8 Å². The van der Waals surface area contributed by atoms with Crippen LogP contribution in [0.3, 0.4) is 0 Å². The minimum absolute atomic E-state index is 0.0273. The van der Waals surface area contributed by atoms with Gasteiger partial charge in [0.1, 0.15) is 12.7 Å². The predicted molar refractivity (Wildman–Crippen MR) is 110 cm³/mol. The van der Waals surface area contributed by atoms with Crippen LogP contribution >= 0.6 is 0 Å². The van der Waals surface area contributed by atoms with Crippen molar-refractivity contribution in [3.8, 4) is 0 Å². The van der Waals surface area contributed by atoms with Gasteiger partial charge < -0.3 is 19.6 Å². The van der Waals surface area contributed by atoms with Gasteiger partial charge in [0, 0.05) is 32.6 Å². The summed E-state index contributed by atoms with van der Waals surface area (Å²) in [5.74, 6) is -0.344. The maximum absolute atomic E-state index is 12.6. The summed E-state index contributed by atoms with van der Waals surface area (Å²) < 4.78 is 5.54. The SMILES string of the molecule is O=C(COCc1ccccc1)N1CCCN(C(=O)C(O)Cc2ccccc2)CC1. The molecule has 0 aliphatic carbocycles. The van der Waals surface area contributed by atoms with Crippen molar-refractivity contribution in [3.05, 3.63) is 71.8 Å². The van der Waals surface area contributed by atoms with Crippen molar-refractivity contribution in [2.75, 3.05) is 32.8 Å². The van der Waals surface area contributed by atoms with Crippen molar-refractivity contribution in [2.45, 2.75) is 25.6 Å². The highest BCUT2D eigenvalue weighted by Gasteiger charge is 2.26. The number of aliphatic hydroxyl groups is 1. The molecule has 29 heavy (non-hydrogen) atoms. The van der Waals surface area contributed by atoms with Crippen LogP contribution in [0.1, 0.15) is 17.5 Å². The van der Waals surface area contributed by atoms with E-state index in [9.17, 15) is 14.7 Å². The van der Waals surface area contributed by atoms with Crippen molar-refractivity contribution in [2.24, 2.45) is 0 Å². The van der Waals surface area contributed by atoms with E-state index in [2.05, 4.69) is 0 Å². The average molecular weight is 396 g/mol. The number of hydrogen-bond donors (Lipinski definition) is 1. The first-order chi connectivity index (χ1) is 14.1. The fourth-order valence-electron chi connectivity index (χ4n) is 3.44. The topological polar surface area (TPSA) is 70.1 Å². The fourth-order valence-corrected chi connectivity index (χ4v) is 3.44. The van der Waals surface area contributed by atoms with Crippen LogP contribution in [-0.4, -0.2) is 65.6 Å². The Morgan fingerprint density at radius 1 is 0.862 bits per heavy atom. The molecule has 2 aromatic carbocycles. The second kappa shape index (κ2) is 10.7. The lowest BCUT2D eigenvalue weighted by Gasteiger charge is -2.24. The van der Waals surface area contributed by atoms with Crippen molar-refractivity contribution in [1.29, 1.82) is 0 Å². The molecule has 154 valence electrons. The minimum Gasteiger partial charge on any atom is -0.383 e. The summed E-state index contributed by atoms with van der Waals surface area (Å²) >= 11 is 0. The molecule has 6 nitrogen and oxygen atoms in total. The van der Waals surface area contributed by atoms with Gasteiger partial charge in [0.05, 0.1) is 6.61 Å². The predicted octanol–water partition coefficient (Wildman–Crippen LogP) is 1.87. The molecule has 1 fully saturated rings. The maximum Gasteiger partial charge on any atom is 0.251 e. The number of carbonyl (C=O) groups excluding carboxylic acids is 2. The van der Waals surface area contributed by atoms with Crippen LogP contribution in [0.2, 0.25) is 0 Å². The smallest absolute Gasteiger partial charge is 0.251 e. The van der Waals surface area contributed by atoms with E-state index in [4.69, 9.17) is 4.74 Å². The second-order valence-electron chi connectivity index (χ2n) is 7.24. The number of rotatable bonds is 7. The highest BCUT2D eigenvalue weighted by Crippen LogP contribution is 2.10. The Bertz CT molecular complexity index is 782. The number of carbonyl (C=O) groups is 2. The Morgan fingerprint density at radius 3 is 2.14 bits per heavy atom. The molecule has 1 unspecified atom stereocenters. The zero-order valence-electron chi connectivity index (χ0n) is 16.6. The molecule has 1 aliphatic heterocycles. The number of hydrogen-bond acceptors (Lipinski definition) is 4. The van der Waals surface area contributed by atoms with Gasteiger partial charge in [-0.15, -0.1) is 0 Å². The number of amides is 2. The molecule has 2 amide bonds. The summed E-state index contributed by atoms with van der Waals surface area (Å²) in [6, 6.07) is 19.2. The monoisotopic (exact) mass is 396 g/mol. The van der Waals surface area contributed by atoms with Gasteiger partial charge in [-0.1, -0.05) is 60.7 Å². The van der Waals surface area contributed by atoms with E-state index in [1.54, 1.807) is 9.80 Å². The number of nitrogens with zero attached hydrogens (tertiary/aromatic N) is 2. The van der Waals surface area contributed by atoms with Gasteiger partial charge in [-0.2, -0.15) is 0 Å². The molecular weight excluding hydrogens is 368 g/mol. The average Bonchev–Trinajstić information content (AvgIpc) is 3.01. The molecule has 1 aliphatic rings. The molecule has 0 radical (unpaired) electrons. The van der Waals surface area contributed by atoms with E-state index in [1.165, 1.54) is 0 Å². The van der Waals surface area contributed by atoms with Crippen LogP contribution in [-0.2, 0) is 27.4 Å². The van der Waals surface area contributed by atoms with Gasteiger partial charge in [0.15, 0.2) is 0 Å². The Hall–Kier alpha value is -2.70. The van der Waals surface area contributed by atoms with Gasteiger partial charge >= 0.3 is 0 Å². The second-order valence-corrected chi connectivity index (χ2v) is 7.24. The van der Waals surface area contributed by atoms with Gasteiger partial charge in [0.25, 0.3) is 5.91 Å². The van der Waals surface area contributed by atoms with E-state index in [1.807, 2.05) is 60.7 Å². The number of aliphatic hydroxyl groups excluding tert-OH is 1. The van der Waals surface area contributed by atoms with Crippen molar-refractivity contribution in [3.63, 3.8) is 0 Å². The molecule has 0 bridgehead atoms. The largest absolute Gasteiger partial charge is 0.383 e. The van der Waals surface area contributed by atoms with E-state index in [0.29, 0.717) is 45.6 Å². The van der Waals surface area contributed by atoms with E-state index >= 15 is 0 Å². The molecule has 0 spiro atoms. The summed E-state index contributed by atoms with van der Waals surface area (Å²) in [5.41, 5.74) is 1.95. The van der Waals surface area contributed by atoms with Crippen LogP contribution in [0.4, 0.5) is 0 Å². The Morgan fingerprint density at radius 2 is 1.45 bits per heavy atom. The molecule has 2 aromatic rings. The van der Waals surface area contributed by atoms with Crippen LogP contribution in [0, 0.1) is 0 Å². The third kappa shape index (κ3) is 6.41. The molecular formula is C23H28N2O4. The lowest BCUT2D eigenvalue weighted by atomic mass is 10.1. The maximum atomic E-state index is 12.6. The molecule has 6 heteroatoms. The van der Waals surface area contributed by atoms with Crippen LogP contribution < -0.4 is 0 Å².